The quantitative estimate of drug-likeness (QED) is 0.943. The number of nitrogens with two attached hydrogens (primary N) is 1. The third kappa shape index (κ3) is 2.72. The smallest absolute Gasteiger partial charge is 0.263 e. The van der Waals surface area contributed by atoms with Crippen LogP contribution in [0.3, 0.4) is 0 Å². The lowest BCUT2D eigenvalue weighted by Gasteiger charge is -2.31. The average Bonchev–Trinajstić information content (AvgIpc) is 2.91. The van der Waals surface area contributed by atoms with Crippen LogP contribution in [-0.4, -0.2) is 30.4 Å². The highest BCUT2D eigenvalue weighted by atomic mass is 32.1. The van der Waals surface area contributed by atoms with Gasteiger partial charge in [0, 0.05) is 17.8 Å². The molecule has 1 saturated heterocycles. The SMILES string of the molecule is NCCC1CCN(C(=O)c2cc3ccccc3s2)CC1. The van der Waals surface area contributed by atoms with Gasteiger partial charge in [-0.1, -0.05) is 18.2 Å². The highest BCUT2D eigenvalue weighted by molar-refractivity contribution is 7.20. The number of carbonyl (C=O) groups excluding carboxylic acids is 1. The lowest BCUT2D eigenvalue weighted by Crippen LogP contribution is -2.38. The van der Waals surface area contributed by atoms with Crippen molar-refractivity contribution in [1.29, 1.82) is 0 Å². The van der Waals surface area contributed by atoms with Crippen molar-refractivity contribution in [2.45, 2.75) is 19.3 Å². The maximum absolute atomic E-state index is 12.5. The standard InChI is InChI=1S/C16H20N2OS/c17-8-5-12-6-9-18(10-7-12)16(19)15-11-13-3-1-2-4-14(13)20-15/h1-4,11-12H,5-10,17H2. The van der Waals surface area contributed by atoms with E-state index in [0.29, 0.717) is 5.92 Å². The van der Waals surface area contributed by atoms with Crippen molar-refractivity contribution in [1.82, 2.24) is 4.90 Å². The van der Waals surface area contributed by atoms with Crippen molar-refractivity contribution in [3.05, 3.63) is 35.2 Å². The van der Waals surface area contributed by atoms with Crippen LogP contribution in [0, 0.1) is 5.92 Å². The van der Waals surface area contributed by atoms with Crippen LogP contribution in [0.15, 0.2) is 30.3 Å². The first-order chi connectivity index (χ1) is 9.78. The van der Waals surface area contributed by atoms with Crippen molar-refractivity contribution < 1.29 is 4.79 Å². The predicted octanol–water partition coefficient (Wildman–Crippen LogP) is 3.10. The van der Waals surface area contributed by atoms with Crippen LogP contribution in [0.4, 0.5) is 0 Å². The Morgan fingerprint density at radius 2 is 2.05 bits per heavy atom. The molecule has 0 bridgehead atoms. The molecule has 1 aliphatic heterocycles. The van der Waals surface area contributed by atoms with Crippen LogP contribution in [0.1, 0.15) is 28.9 Å². The molecule has 1 aromatic carbocycles. The Labute approximate surface area is 123 Å². The minimum atomic E-state index is 0.192. The molecule has 0 atom stereocenters. The van der Waals surface area contributed by atoms with Crippen LogP contribution in [0.25, 0.3) is 10.1 Å². The van der Waals surface area contributed by atoms with Gasteiger partial charge in [0.15, 0.2) is 0 Å². The van der Waals surface area contributed by atoms with Crippen LogP contribution in [-0.2, 0) is 0 Å². The number of hydrogen-bond acceptors (Lipinski definition) is 3. The number of piperidine rings is 1. The average molecular weight is 288 g/mol. The maximum atomic E-state index is 12.5. The Hall–Kier alpha value is -1.39. The zero-order chi connectivity index (χ0) is 13.9. The molecule has 2 heterocycles. The topological polar surface area (TPSA) is 46.3 Å². The van der Waals surface area contributed by atoms with Gasteiger partial charge < -0.3 is 10.6 Å². The molecular formula is C16H20N2OS. The molecule has 2 aromatic rings. The van der Waals surface area contributed by atoms with E-state index in [1.807, 2.05) is 23.1 Å². The Morgan fingerprint density at radius 1 is 1.30 bits per heavy atom. The number of rotatable bonds is 3. The lowest BCUT2D eigenvalue weighted by atomic mass is 9.93. The minimum absolute atomic E-state index is 0.192. The first kappa shape index (κ1) is 13.6. The molecule has 3 nitrogen and oxygen atoms in total. The molecule has 1 aromatic heterocycles. The molecular weight excluding hydrogens is 268 g/mol. The second-order valence-corrected chi connectivity index (χ2v) is 6.55. The molecule has 0 aliphatic carbocycles. The summed E-state index contributed by atoms with van der Waals surface area (Å²) in [5.74, 6) is 0.892. The molecule has 0 saturated carbocycles. The van der Waals surface area contributed by atoms with Crippen molar-refractivity contribution in [3.63, 3.8) is 0 Å². The molecule has 4 heteroatoms. The largest absolute Gasteiger partial charge is 0.338 e. The fraction of sp³-hybridized carbons (Fsp3) is 0.438. The Kier molecular flexibility index (Phi) is 4.03. The number of hydrogen-bond donors (Lipinski definition) is 1. The summed E-state index contributed by atoms with van der Waals surface area (Å²) in [7, 11) is 0. The summed E-state index contributed by atoms with van der Waals surface area (Å²) in [4.78, 5) is 15.4. The molecule has 0 radical (unpaired) electrons. The van der Waals surface area contributed by atoms with Gasteiger partial charge in [-0.3, -0.25) is 4.79 Å². The van der Waals surface area contributed by atoms with E-state index in [2.05, 4.69) is 12.1 Å². The number of fused-ring (bicyclic) bond motifs is 1. The van der Waals surface area contributed by atoms with E-state index in [1.165, 1.54) is 10.1 Å². The second-order valence-electron chi connectivity index (χ2n) is 5.46. The third-order valence-corrected chi connectivity index (χ3v) is 5.22. The fourth-order valence-electron chi connectivity index (χ4n) is 2.90. The maximum Gasteiger partial charge on any atom is 0.263 e. The minimum Gasteiger partial charge on any atom is -0.338 e. The highest BCUT2D eigenvalue weighted by Crippen LogP contribution is 2.28. The number of carbonyl (C=O) groups is 1. The first-order valence-electron chi connectivity index (χ1n) is 7.26. The summed E-state index contributed by atoms with van der Waals surface area (Å²) in [6, 6.07) is 10.2. The van der Waals surface area contributed by atoms with Gasteiger partial charge in [0.1, 0.15) is 0 Å². The number of benzene rings is 1. The predicted molar refractivity (Wildman–Crippen MR) is 84.1 cm³/mol. The molecule has 1 fully saturated rings. The molecule has 2 N–H and O–H groups in total. The van der Waals surface area contributed by atoms with Crippen molar-refractivity contribution in [2.24, 2.45) is 11.7 Å². The molecule has 3 rings (SSSR count). The molecule has 1 amide bonds. The number of amides is 1. The van der Waals surface area contributed by atoms with Crippen molar-refractivity contribution in [2.75, 3.05) is 19.6 Å². The number of thiophene rings is 1. The van der Waals surface area contributed by atoms with E-state index in [9.17, 15) is 4.79 Å². The molecule has 0 spiro atoms. The summed E-state index contributed by atoms with van der Waals surface area (Å²) in [6.45, 7) is 2.50. The molecule has 106 valence electrons. The molecule has 1 aliphatic rings. The summed E-state index contributed by atoms with van der Waals surface area (Å²) in [5, 5.41) is 1.17. The van der Waals surface area contributed by atoms with Crippen LogP contribution < -0.4 is 5.73 Å². The number of likely N-dealkylation sites (tertiary alicyclic amines) is 1. The first-order valence-corrected chi connectivity index (χ1v) is 8.07. The van der Waals surface area contributed by atoms with Crippen LogP contribution in [0.5, 0.6) is 0 Å². The van der Waals surface area contributed by atoms with E-state index in [1.54, 1.807) is 11.3 Å². The van der Waals surface area contributed by atoms with E-state index < -0.39 is 0 Å². The van der Waals surface area contributed by atoms with Crippen molar-refractivity contribution >= 4 is 27.3 Å². The zero-order valence-corrected chi connectivity index (χ0v) is 12.4. The van der Waals surface area contributed by atoms with Crippen LogP contribution in [0.2, 0.25) is 0 Å². The van der Waals surface area contributed by atoms with Gasteiger partial charge >= 0.3 is 0 Å². The lowest BCUT2D eigenvalue weighted by molar-refractivity contribution is 0.0693. The van der Waals surface area contributed by atoms with Gasteiger partial charge in [0.25, 0.3) is 5.91 Å². The molecule has 20 heavy (non-hydrogen) atoms. The Bertz CT molecular complexity index is 566. The van der Waals surface area contributed by atoms with Crippen LogP contribution >= 0.6 is 11.3 Å². The van der Waals surface area contributed by atoms with Gasteiger partial charge in [0.05, 0.1) is 4.88 Å². The van der Waals surface area contributed by atoms with Gasteiger partial charge in [-0.15, -0.1) is 11.3 Å². The highest BCUT2D eigenvalue weighted by Gasteiger charge is 2.24. The van der Waals surface area contributed by atoms with Gasteiger partial charge in [-0.05, 0) is 49.2 Å². The summed E-state index contributed by atoms with van der Waals surface area (Å²) < 4.78 is 1.19. The summed E-state index contributed by atoms with van der Waals surface area (Å²) in [6.07, 6.45) is 3.27. The van der Waals surface area contributed by atoms with Gasteiger partial charge in [0.2, 0.25) is 0 Å². The second kappa shape index (κ2) is 5.94. The van der Waals surface area contributed by atoms with Gasteiger partial charge in [-0.25, -0.2) is 0 Å². The van der Waals surface area contributed by atoms with E-state index >= 15 is 0 Å². The van der Waals surface area contributed by atoms with E-state index in [4.69, 9.17) is 5.73 Å². The monoisotopic (exact) mass is 288 g/mol. The van der Waals surface area contributed by atoms with Crippen molar-refractivity contribution in [3.8, 4) is 0 Å². The zero-order valence-electron chi connectivity index (χ0n) is 11.5. The normalized spacial score (nSPS) is 16.8. The fourth-order valence-corrected chi connectivity index (χ4v) is 3.93. The summed E-state index contributed by atoms with van der Waals surface area (Å²) >= 11 is 1.60. The third-order valence-electron chi connectivity index (χ3n) is 4.11. The van der Waals surface area contributed by atoms with E-state index in [0.717, 1.165) is 43.8 Å². The Balaban J connectivity index is 1.70. The summed E-state index contributed by atoms with van der Waals surface area (Å²) in [5.41, 5.74) is 5.61. The number of nitrogens with zero attached hydrogens (tertiary/aromatic N) is 1. The van der Waals surface area contributed by atoms with Gasteiger partial charge in [-0.2, -0.15) is 0 Å². The van der Waals surface area contributed by atoms with E-state index in [-0.39, 0.29) is 5.91 Å². The Morgan fingerprint density at radius 3 is 2.75 bits per heavy atom. The molecule has 0 unspecified atom stereocenters.